The van der Waals surface area contributed by atoms with Crippen LogP contribution in [0.25, 0.3) is 0 Å². The Bertz CT molecular complexity index is 644. The highest BCUT2D eigenvalue weighted by Gasteiger charge is 2.25. The van der Waals surface area contributed by atoms with Crippen LogP contribution in [0.4, 0.5) is 5.82 Å². The predicted molar refractivity (Wildman–Crippen MR) is 86.3 cm³/mol. The Morgan fingerprint density at radius 3 is 3.17 bits per heavy atom. The van der Waals surface area contributed by atoms with E-state index >= 15 is 0 Å². The molecule has 1 aliphatic heterocycles. The van der Waals surface area contributed by atoms with Crippen LogP contribution >= 0.6 is 0 Å². The predicted octanol–water partition coefficient (Wildman–Crippen LogP) is 1.32. The number of aromatic amines is 1. The Morgan fingerprint density at radius 2 is 2.39 bits per heavy atom. The van der Waals surface area contributed by atoms with Crippen LogP contribution < -0.4 is 5.32 Å². The SMILES string of the molecule is CNc1cc(CC[C@@H]2CN(C(=O)c3ccn[nH]3)CCO2)ccn1. The summed E-state index contributed by atoms with van der Waals surface area (Å²) in [7, 11) is 1.86. The number of rotatable bonds is 5. The number of carbonyl (C=O) groups excluding carboxylic acids is 1. The van der Waals surface area contributed by atoms with E-state index in [4.69, 9.17) is 4.74 Å². The summed E-state index contributed by atoms with van der Waals surface area (Å²) in [5, 5.41) is 9.60. The smallest absolute Gasteiger partial charge is 0.272 e. The molecule has 0 spiro atoms. The van der Waals surface area contributed by atoms with Crippen LogP contribution in [0.3, 0.4) is 0 Å². The second-order valence-electron chi connectivity index (χ2n) is 5.55. The summed E-state index contributed by atoms with van der Waals surface area (Å²) in [6.45, 7) is 1.80. The molecule has 0 aromatic carbocycles. The van der Waals surface area contributed by atoms with Crippen molar-refractivity contribution >= 4 is 11.7 Å². The van der Waals surface area contributed by atoms with E-state index in [2.05, 4.69) is 20.5 Å². The van der Waals surface area contributed by atoms with Gasteiger partial charge in [-0.25, -0.2) is 4.98 Å². The Labute approximate surface area is 135 Å². The van der Waals surface area contributed by atoms with Crippen molar-refractivity contribution in [3.8, 4) is 0 Å². The van der Waals surface area contributed by atoms with Gasteiger partial charge in [-0.05, 0) is 36.6 Å². The highest BCUT2D eigenvalue weighted by Crippen LogP contribution is 2.15. The molecule has 1 atom stereocenters. The molecule has 7 heteroatoms. The average molecular weight is 315 g/mol. The zero-order chi connectivity index (χ0) is 16.1. The number of nitrogens with zero attached hydrogens (tertiary/aromatic N) is 3. The first kappa shape index (κ1) is 15.5. The minimum absolute atomic E-state index is 0.0165. The highest BCUT2D eigenvalue weighted by molar-refractivity contribution is 5.92. The van der Waals surface area contributed by atoms with E-state index in [0.29, 0.717) is 25.4 Å². The van der Waals surface area contributed by atoms with E-state index in [1.165, 1.54) is 5.56 Å². The van der Waals surface area contributed by atoms with Crippen LogP contribution in [0, 0.1) is 0 Å². The number of hydrogen-bond donors (Lipinski definition) is 2. The molecule has 7 nitrogen and oxygen atoms in total. The molecule has 1 aliphatic rings. The third kappa shape index (κ3) is 3.87. The minimum Gasteiger partial charge on any atom is -0.375 e. The zero-order valence-electron chi connectivity index (χ0n) is 13.2. The number of amides is 1. The maximum absolute atomic E-state index is 12.3. The lowest BCUT2D eigenvalue weighted by atomic mass is 10.1. The molecule has 2 aromatic heterocycles. The Morgan fingerprint density at radius 1 is 1.48 bits per heavy atom. The molecular weight excluding hydrogens is 294 g/mol. The maximum atomic E-state index is 12.3. The highest BCUT2D eigenvalue weighted by atomic mass is 16.5. The Kier molecular flexibility index (Phi) is 4.87. The number of pyridine rings is 1. The van der Waals surface area contributed by atoms with Crippen LogP contribution in [0.5, 0.6) is 0 Å². The quantitative estimate of drug-likeness (QED) is 0.869. The number of nitrogens with one attached hydrogen (secondary N) is 2. The lowest BCUT2D eigenvalue weighted by Crippen LogP contribution is -2.45. The molecule has 2 N–H and O–H groups in total. The summed E-state index contributed by atoms with van der Waals surface area (Å²) < 4.78 is 5.80. The summed E-state index contributed by atoms with van der Waals surface area (Å²) in [6, 6.07) is 5.75. The fourth-order valence-corrected chi connectivity index (χ4v) is 2.72. The number of aromatic nitrogens is 3. The van der Waals surface area contributed by atoms with Gasteiger partial charge in [0.05, 0.1) is 12.7 Å². The topological polar surface area (TPSA) is 83.1 Å². The molecule has 0 radical (unpaired) electrons. The van der Waals surface area contributed by atoms with E-state index < -0.39 is 0 Å². The van der Waals surface area contributed by atoms with Crippen LogP contribution in [-0.4, -0.2) is 58.8 Å². The minimum atomic E-state index is -0.0165. The van der Waals surface area contributed by atoms with E-state index in [9.17, 15) is 4.79 Å². The average Bonchev–Trinajstić information content (AvgIpc) is 3.14. The van der Waals surface area contributed by atoms with Gasteiger partial charge in [-0.15, -0.1) is 0 Å². The van der Waals surface area contributed by atoms with Gasteiger partial charge in [-0.1, -0.05) is 0 Å². The summed E-state index contributed by atoms with van der Waals surface area (Å²) in [6.07, 6.45) is 5.22. The summed E-state index contributed by atoms with van der Waals surface area (Å²) in [4.78, 5) is 18.4. The largest absolute Gasteiger partial charge is 0.375 e. The first-order chi connectivity index (χ1) is 11.3. The summed E-state index contributed by atoms with van der Waals surface area (Å²) >= 11 is 0. The number of morpholine rings is 1. The molecule has 1 fully saturated rings. The lowest BCUT2D eigenvalue weighted by Gasteiger charge is -2.32. The van der Waals surface area contributed by atoms with Crippen molar-refractivity contribution in [1.82, 2.24) is 20.1 Å². The van der Waals surface area contributed by atoms with Crippen molar-refractivity contribution in [2.24, 2.45) is 0 Å². The van der Waals surface area contributed by atoms with Crippen molar-refractivity contribution in [3.05, 3.63) is 41.9 Å². The van der Waals surface area contributed by atoms with Crippen molar-refractivity contribution in [2.75, 3.05) is 32.1 Å². The molecule has 0 bridgehead atoms. The van der Waals surface area contributed by atoms with Gasteiger partial charge in [-0.2, -0.15) is 5.10 Å². The molecule has 122 valence electrons. The Hall–Kier alpha value is -2.41. The molecule has 0 aliphatic carbocycles. The molecule has 0 saturated carbocycles. The van der Waals surface area contributed by atoms with Crippen molar-refractivity contribution in [2.45, 2.75) is 18.9 Å². The normalized spacial score (nSPS) is 18.0. The first-order valence-electron chi connectivity index (χ1n) is 7.79. The molecule has 1 amide bonds. The van der Waals surface area contributed by atoms with Crippen molar-refractivity contribution in [3.63, 3.8) is 0 Å². The molecule has 23 heavy (non-hydrogen) atoms. The van der Waals surface area contributed by atoms with Gasteiger partial charge < -0.3 is 15.0 Å². The third-order valence-electron chi connectivity index (χ3n) is 3.99. The second-order valence-corrected chi connectivity index (χ2v) is 5.55. The first-order valence-corrected chi connectivity index (χ1v) is 7.79. The number of anilines is 1. The van der Waals surface area contributed by atoms with Gasteiger partial charge in [0.15, 0.2) is 0 Å². The van der Waals surface area contributed by atoms with Crippen molar-refractivity contribution < 1.29 is 9.53 Å². The van der Waals surface area contributed by atoms with Gasteiger partial charge in [0.25, 0.3) is 5.91 Å². The molecular formula is C16H21N5O2. The number of aryl methyl sites for hydroxylation is 1. The van der Waals surface area contributed by atoms with Gasteiger partial charge in [-0.3, -0.25) is 9.89 Å². The van der Waals surface area contributed by atoms with Gasteiger partial charge in [0, 0.05) is 32.5 Å². The van der Waals surface area contributed by atoms with Crippen LogP contribution in [-0.2, 0) is 11.2 Å². The van der Waals surface area contributed by atoms with Gasteiger partial charge in [0.2, 0.25) is 0 Å². The summed E-state index contributed by atoms with van der Waals surface area (Å²) in [5.74, 6) is 0.847. The number of carbonyl (C=O) groups is 1. The van der Waals surface area contributed by atoms with Gasteiger partial charge >= 0.3 is 0 Å². The molecule has 1 saturated heterocycles. The van der Waals surface area contributed by atoms with E-state index in [-0.39, 0.29) is 12.0 Å². The fourth-order valence-electron chi connectivity index (χ4n) is 2.72. The monoisotopic (exact) mass is 315 g/mol. The lowest BCUT2D eigenvalue weighted by molar-refractivity contribution is -0.0247. The maximum Gasteiger partial charge on any atom is 0.272 e. The third-order valence-corrected chi connectivity index (χ3v) is 3.99. The van der Waals surface area contributed by atoms with E-state index in [0.717, 1.165) is 18.7 Å². The van der Waals surface area contributed by atoms with E-state index in [1.54, 1.807) is 18.5 Å². The number of ether oxygens (including phenoxy) is 1. The number of hydrogen-bond acceptors (Lipinski definition) is 5. The molecule has 3 rings (SSSR count). The van der Waals surface area contributed by atoms with Crippen LogP contribution in [0.1, 0.15) is 22.5 Å². The van der Waals surface area contributed by atoms with Crippen LogP contribution in [0.2, 0.25) is 0 Å². The zero-order valence-corrected chi connectivity index (χ0v) is 13.2. The van der Waals surface area contributed by atoms with Crippen LogP contribution in [0.15, 0.2) is 30.6 Å². The standard InChI is InChI=1S/C16H21N5O2/c1-17-15-10-12(4-6-18-15)2-3-13-11-21(8-9-23-13)16(22)14-5-7-19-20-14/h4-7,10,13H,2-3,8-9,11H2,1H3,(H,17,18)(H,19,20)/t13-/m1/s1. The van der Waals surface area contributed by atoms with Crippen molar-refractivity contribution in [1.29, 1.82) is 0 Å². The molecule has 3 heterocycles. The fraction of sp³-hybridized carbons (Fsp3) is 0.438. The Balaban J connectivity index is 1.55. The second kappa shape index (κ2) is 7.23. The van der Waals surface area contributed by atoms with E-state index in [1.807, 2.05) is 24.1 Å². The molecule has 2 aromatic rings. The van der Waals surface area contributed by atoms with Gasteiger partial charge in [0.1, 0.15) is 11.5 Å². The molecule has 0 unspecified atom stereocenters. The summed E-state index contributed by atoms with van der Waals surface area (Å²) in [5.41, 5.74) is 1.74. The number of H-pyrrole nitrogens is 1.